The van der Waals surface area contributed by atoms with Gasteiger partial charge in [0.2, 0.25) is 5.91 Å². The monoisotopic (exact) mass is 1130 g/mol. The third kappa shape index (κ3) is 41.8. The first kappa shape index (κ1) is 73.9. The molecule has 0 aliphatic carbocycles. The molecule has 1 amide bonds. The number of amides is 1. The molecule has 7 atom stereocenters. The Kier molecular flexibility index (Phi) is 47.9. The molecule has 1 fully saturated rings. The Balaban J connectivity index is 3.15. The summed E-state index contributed by atoms with van der Waals surface area (Å²) in [7, 11) is -5.35. The number of phosphoric ester groups is 1. The molecule has 1 aliphatic heterocycles. The molecule has 16 heteroatoms. The maximum absolute atomic E-state index is 14.0. The van der Waals surface area contributed by atoms with Gasteiger partial charge in [0, 0.05) is 12.8 Å². The van der Waals surface area contributed by atoms with Gasteiger partial charge < -0.3 is 44.3 Å². The Labute approximate surface area is 474 Å². The van der Waals surface area contributed by atoms with Crippen LogP contribution in [0.1, 0.15) is 323 Å². The third-order valence-corrected chi connectivity index (χ3v) is 15.8. The van der Waals surface area contributed by atoms with Crippen molar-refractivity contribution in [1.82, 2.24) is 5.32 Å². The molecular formula is C62H118NO14P. The zero-order chi connectivity index (χ0) is 57.3. The third-order valence-electron chi connectivity index (χ3n) is 15.3. The first-order valence-electron chi connectivity index (χ1n) is 32.3. The molecule has 0 bridgehead atoms. The van der Waals surface area contributed by atoms with E-state index in [1.807, 2.05) is 0 Å². The Morgan fingerprint density at radius 1 is 0.462 bits per heavy atom. The minimum atomic E-state index is -5.35. The van der Waals surface area contributed by atoms with E-state index >= 15 is 0 Å². The highest BCUT2D eigenvalue weighted by Gasteiger charge is 2.51. The summed E-state index contributed by atoms with van der Waals surface area (Å²) in [6, 6.07) is -1.62. The maximum Gasteiger partial charge on any atom is 0.470 e. The smallest absolute Gasteiger partial charge is 0.462 e. The molecule has 1 saturated heterocycles. The van der Waals surface area contributed by atoms with Gasteiger partial charge in [0.15, 0.2) is 12.4 Å². The quantitative estimate of drug-likeness (QED) is 0.0165. The van der Waals surface area contributed by atoms with Crippen molar-refractivity contribution in [2.75, 3.05) is 6.61 Å². The molecular weight excluding hydrogens is 1010 g/mol. The van der Waals surface area contributed by atoms with Crippen LogP contribution in [0.5, 0.6) is 0 Å². The second-order valence-corrected chi connectivity index (χ2v) is 24.0. The zero-order valence-electron chi connectivity index (χ0n) is 50.1. The summed E-state index contributed by atoms with van der Waals surface area (Å²) in [5.41, 5.74) is 0. The SMILES string of the molecule is CCCCCCCCCCCCCC(=O)OC(CCCCCCCCCCC)CC(=O)N[C@H]1C(O)O[C@H](CO)[C@@H](OP(=O)(O)O)[C@@H]1OC(=O)CC(CCCCCCCCCCC)OC(=O)CCCCCCCCCCCCC. The Morgan fingerprint density at radius 3 is 1.12 bits per heavy atom. The molecule has 1 heterocycles. The van der Waals surface area contributed by atoms with Crippen LogP contribution in [0.15, 0.2) is 0 Å². The predicted octanol–water partition coefficient (Wildman–Crippen LogP) is 15.4. The van der Waals surface area contributed by atoms with E-state index in [-0.39, 0.29) is 19.3 Å². The van der Waals surface area contributed by atoms with Gasteiger partial charge in [-0.15, -0.1) is 0 Å². The van der Waals surface area contributed by atoms with Crippen LogP contribution in [0.25, 0.3) is 0 Å². The van der Waals surface area contributed by atoms with E-state index in [1.165, 1.54) is 141 Å². The summed E-state index contributed by atoms with van der Waals surface area (Å²) < 4.78 is 40.8. The van der Waals surface area contributed by atoms with Gasteiger partial charge in [-0.05, 0) is 38.5 Å². The topological polar surface area (TPSA) is 224 Å². The number of esters is 3. The van der Waals surface area contributed by atoms with Gasteiger partial charge >= 0.3 is 25.7 Å². The molecule has 1 aliphatic rings. The lowest BCUT2D eigenvalue weighted by atomic mass is 9.96. The van der Waals surface area contributed by atoms with E-state index in [9.17, 15) is 43.7 Å². The van der Waals surface area contributed by atoms with Crippen LogP contribution in [0.4, 0.5) is 0 Å². The minimum Gasteiger partial charge on any atom is -0.462 e. The van der Waals surface area contributed by atoms with Gasteiger partial charge in [0.25, 0.3) is 0 Å². The fourth-order valence-electron chi connectivity index (χ4n) is 10.6. The first-order chi connectivity index (χ1) is 37.8. The summed E-state index contributed by atoms with van der Waals surface area (Å²) >= 11 is 0. The summed E-state index contributed by atoms with van der Waals surface area (Å²) in [4.78, 5) is 74.6. The van der Waals surface area contributed by atoms with E-state index < -0.39 is 87.5 Å². The molecule has 0 spiro atoms. The minimum absolute atomic E-state index is 0.200. The predicted molar refractivity (Wildman–Crippen MR) is 312 cm³/mol. The number of unbranched alkanes of at least 4 members (excludes halogenated alkanes) is 36. The van der Waals surface area contributed by atoms with Crippen LogP contribution >= 0.6 is 7.82 Å². The molecule has 0 aromatic heterocycles. The van der Waals surface area contributed by atoms with Crippen molar-refractivity contribution in [3.63, 3.8) is 0 Å². The highest BCUT2D eigenvalue weighted by Crippen LogP contribution is 2.42. The summed E-state index contributed by atoms with van der Waals surface area (Å²) in [5, 5.41) is 24.2. The van der Waals surface area contributed by atoms with Gasteiger partial charge in [0.05, 0.1) is 19.4 Å². The van der Waals surface area contributed by atoms with Crippen molar-refractivity contribution in [1.29, 1.82) is 0 Å². The van der Waals surface area contributed by atoms with Crippen molar-refractivity contribution in [3.05, 3.63) is 0 Å². The fraction of sp³-hybridized carbons (Fsp3) is 0.935. The number of hydrogen-bond donors (Lipinski definition) is 5. The number of carbonyl (C=O) groups excluding carboxylic acids is 4. The van der Waals surface area contributed by atoms with Gasteiger partial charge in [-0.2, -0.15) is 0 Å². The van der Waals surface area contributed by atoms with Crippen LogP contribution < -0.4 is 5.32 Å². The zero-order valence-corrected chi connectivity index (χ0v) is 51.0. The number of hydrogen-bond acceptors (Lipinski definition) is 12. The summed E-state index contributed by atoms with van der Waals surface area (Å²) in [6.07, 6.45) is 36.2. The van der Waals surface area contributed by atoms with Crippen LogP contribution in [-0.4, -0.2) is 93.3 Å². The van der Waals surface area contributed by atoms with Crippen molar-refractivity contribution < 1.29 is 67.2 Å². The number of ether oxygens (including phenoxy) is 4. The molecule has 15 nitrogen and oxygen atoms in total. The summed E-state index contributed by atoms with van der Waals surface area (Å²) in [6.45, 7) is 7.95. The molecule has 0 radical (unpaired) electrons. The highest BCUT2D eigenvalue weighted by atomic mass is 31.2. The van der Waals surface area contributed by atoms with Crippen molar-refractivity contribution >= 4 is 31.6 Å². The molecule has 460 valence electrons. The average Bonchev–Trinajstić information content (AvgIpc) is 3.44. The lowest BCUT2D eigenvalue weighted by Crippen LogP contribution is -2.65. The average molecular weight is 1130 g/mol. The van der Waals surface area contributed by atoms with Crippen LogP contribution in [0, 0.1) is 0 Å². The number of aliphatic hydroxyl groups excluding tert-OH is 2. The van der Waals surface area contributed by atoms with Gasteiger partial charge in [-0.1, -0.05) is 259 Å². The van der Waals surface area contributed by atoms with Crippen molar-refractivity contribution in [2.24, 2.45) is 0 Å². The Hall–Kier alpha value is -2.13. The van der Waals surface area contributed by atoms with Gasteiger partial charge in [0.1, 0.15) is 30.5 Å². The number of nitrogens with one attached hydrogen (secondary N) is 1. The second-order valence-electron chi connectivity index (χ2n) is 22.8. The molecule has 3 unspecified atom stereocenters. The Morgan fingerprint density at radius 2 is 0.782 bits per heavy atom. The van der Waals surface area contributed by atoms with Crippen molar-refractivity contribution in [2.45, 2.75) is 366 Å². The largest absolute Gasteiger partial charge is 0.470 e. The molecule has 0 saturated carbocycles. The number of carbonyl (C=O) groups is 4. The van der Waals surface area contributed by atoms with Crippen LogP contribution in [0.2, 0.25) is 0 Å². The fourth-order valence-corrected chi connectivity index (χ4v) is 11.2. The summed E-state index contributed by atoms with van der Waals surface area (Å²) in [5.74, 6) is -2.44. The normalized spacial score (nSPS) is 18.4. The molecule has 1 rings (SSSR count). The van der Waals surface area contributed by atoms with Crippen LogP contribution in [0.3, 0.4) is 0 Å². The molecule has 78 heavy (non-hydrogen) atoms. The first-order valence-corrected chi connectivity index (χ1v) is 33.9. The van der Waals surface area contributed by atoms with Gasteiger partial charge in [-0.3, -0.25) is 23.7 Å². The standard InChI is InChI=1S/C62H118NO14P/c1-5-9-13-17-21-25-27-31-35-39-43-47-56(66)73-52(45-41-37-33-29-23-19-15-11-7-3)49-55(65)63-59-61(60(77-78(70,71)72)54(51-64)75-62(59)69)76-58(68)50-53(46-42-38-34-30-24-20-16-12-8-4)74-57(67)48-44-40-36-32-28-26-22-18-14-10-6-2/h52-54,59-62,64,69H,5-51H2,1-4H3,(H,63,65)(H2,70,71,72)/t52?,53?,54-,59-,60-,61-,62?/m1/s1. The van der Waals surface area contributed by atoms with E-state index in [0.29, 0.717) is 38.5 Å². The second kappa shape index (κ2) is 50.6. The Bertz CT molecular complexity index is 1500. The molecule has 0 aromatic rings. The number of rotatable bonds is 55. The lowest BCUT2D eigenvalue weighted by Gasteiger charge is -2.43. The van der Waals surface area contributed by atoms with Crippen molar-refractivity contribution in [3.8, 4) is 0 Å². The van der Waals surface area contributed by atoms with Crippen LogP contribution in [-0.2, 0) is 47.2 Å². The maximum atomic E-state index is 14.0. The van der Waals surface area contributed by atoms with E-state index in [1.54, 1.807) is 0 Å². The molecule has 5 N–H and O–H groups in total. The van der Waals surface area contributed by atoms with E-state index in [4.69, 9.17) is 23.5 Å². The number of phosphoric acid groups is 1. The van der Waals surface area contributed by atoms with Gasteiger partial charge in [-0.25, -0.2) is 4.57 Å². The molecule has 0 aromatic carbocycles. The van der Waals surface area contributed by atoms with E-state index in [0.717, 1.165) is 89.9 Å². The van der Waals surface area contributed by atoms with E-state index in [2.05, 4.69) is 33.0 Å². The highest BCUT2D eigenvalue weighted by molar-refractivity contribution is 7.46. The number of aliphatic hydroxyl groups is 2. The lowest BCUT2D eigenvalue weighted by molar-refractivity contribution is -0.256.